The minimum Gasteiger partial charge on any atom is -0.305 e. The Bertz CT molecular complexity index is 612. The molecule has 1 aliphatic heterocycles. The fraction of sp³-hybridized carbons (Fsp3) is 0.647. The van der Waals surface area contributed by atoms with Crippen LogP contribution in [0, 0.1) is 5.41 Å². The van der Waals surface area contributed by atoms with E-state index < -0.39 is 9.84 Å². The van der Waals surface area contributed by atoms with Crippen molar-refractivity contribution in [1.29, 1.82) is 0 Å². The highest BCUT2D eigenvalue weighted by Gasteiger charge is 2.34. The summed E-state index contributed by atoms with van der Waals surface area (Å²) in [7, 11) is -3.11. The lowest BCUT2D eigenvalue weighted by Crippen LogP contribution is -2.46. The van der Waals surface area contributed by atoms with Crippen molar-refractivity contribution >= 4 is 9.84 Å². The van der Waals surface area contributed by atoms with Gasteiger partial charge in [0.2, 0.25) is 0 Å². The number of nitrogens with one attached hydrogen (secondary N) is 1. The fourth-order valence-electron chi connectivity index (χ4n) is 3.59. The first-order valence-electron chi connectivity index (χ1n) is 7.60. The number of benzene rings is 1. The molecule has 0 bridgehead atoms. The molecule has 0 amide bonds. The van der Waals surface area contributed by atoms with Gasteiger partial charge in [-0.2, -0.15) is 0 Å². The third kappa shape index (κ3) is 4.07. The Morgan fingerprint density at radius 3 is 2.38 bits per heavy atom. The number of rotatable bonds is 3. The van der Waals surface area contributed by atoms with Crippen LogP contribution in [0.5, 0.6) is 0 Å². The summed E-state index contributed by atoms with van der Waals surface area (Å²) in [6, 6.07) is 7.51. The van der Waals surface area contributed by atoms with Gasteiger partial charge in [0.25, 0.3) is 0 Å². The van der Waals surface area contributed by atoms with E-state index >= 15 is 0 Å². The SMILES string of the molecule is CC(C)(C)CC(C)(C)NC1CCS(=O)(=O)c2ccccc21. The summed E-state index contributed by atoms with van der Waals surface area (Å²) in [5.41, 5.74) is 1.12. The fourth-order valence-corrected chi connectivity index (χ4v) is 5.21. The van der Waals surface area contributed by atoms with Crippen LogP contribution in [0.3, 0.4) is 0 Å². The minimum atomic E-state index is -3.11. The molecule has 3 nitrogen and oxygen atoms in total. The van der Waals surface area contributed by atoms with E-state index in [4.69, 9.17) is 0 Å². The van der Waals surface area contributed by atoms with Crippen molar-refractivity contribution in [3.8, 4) is 0 Å². The molecule has 1 aliphatic rings. The largest absolute Gasteiger partial charge is 0.305 e. The zero-order chi connectivity index (χ0) is 15.9. The van der Waals surface area contributed by atoms with Crippen LogP contribution in [0.2, 0.25) is 0 Å². The van der Waals surface area contributed by atoms with Gasteiger partial charge in [0.05, 0.1) is 10.6 Å². The molecule has 1 aromatic rings. The van der Waals surface area contributed by atoms with Crippen molar-refractivity contribution in [2.45, 2.75) is 63.9 Å². The second-order valence-corrected chi connectivity index (χ2v) is 10.0. The molecule has 1 atom stereocenters. The van der Waals surface area contributed by atoms with E-state index in [0.717, 1.165) is 12.0 Å². The molecule has 118 valence electrons. The summed E-state index contributed by atoms with van der Waals surface area (Å²) in [6.45, 7) is 11.1. The number of fused-ring (bicyclic) bond motifs is 1. The molecule has 0 aliphatic carbocycles. The monoisotopic (exact) mass is 309 g/mol. The lowest BCUT2D eigenvalue weighted by atomic mass is 9.81. The van der Waals surface area contributed by atoms with Gasteiger partial charge < -0.3 is 5.32 Å². The van der Waals surface area contributed by atoms with E-state index in [1.807, 2.05) is 12.1 Å². The molecule has 21 heavy (non-hydrogen) atoms. The maximum Gasteiger partial charge on any atom is 0.178 e. The van der Waals surface area contributed by atoms with E-state index in [2.05, 4.69) is 39.9 Å². The van der Waals surface area contributed by atoms with Gasteiger partial charge in [-0.1, -0.05) is 39.0 Å². The Hall–Kier alpha value is -0.870. The zero-order valence-corrected chi connectivity index (χ0v) is 14.5. The topological polar surface area (TPSA) is 46.2 Å². The standard InChI is InChI=1S/C17H27NO2S/c1-16(2,3)12-17(4,5)18-14-10-11-21(19,20)15-9-7-6-8-13(14)15/h6-9,14,18H,10-12H2,1-5H3. The molecule has 1 unspecified atom stereocenters. The summed E-state index contributed by atoms with van der Waals surface area (Å²) >= 11 is 0. The van der Waals surface area contributed by atoms with Gasteiger partial charge in [-0.15, -0.1) is 0 Å². The summed E-state index contributed by atoms with van der Waals surface area (Å²) in [5.74, 6) is 0.229. The Morgan fingerprint density at radius 2 is 1.76 bits per heavy atom. The molecule has 0 saturated carbocycles. The van der Waals surface area contributed by atoms with Gasteiger partial charge >= 0.3 is 0 Å². The highest BCUT2D eigenvalue weighted by Crippen LogP contribution is 2.35. The molecule has 1 aromatic carbocycles. The van der Waals surface area contributed by atoms with Crippen LogP contribution in [0.25, 0.3) is 0 Å². The summed E-state index contributed by atoms with van der Waals surface area (Å²) in [4.78, 5) is 0.500. The first-order chi connectivity index (χ1) is 9.50. The predicted molar refractivity (Wildman–Crippen MR) is 87.1 cm³/mol. The Labute approximate surface area is 129 Å². The van der Waals surface area contributed by atoms with Crippen LogP contribution in [0.4, 0.5) is 0 Å². The van der Waals surface area contributed by atoms with E-state index in [1.165, 1.54) is 0 Å². The van der Waals surface area contributed by atoms with Crippen molar-refractivity contribution in [2.75, 3.05) is 5.75 Å². The molecule has 1 heterocycles. The second kappa shape index (κ2) is 5.40. The van der Waals surface area contributed by atoms with Crippen molar-refractivity contribution in [2.24, 2.45) is 5.41 Å². The molecule has 0 aromatic heterocycles. The average molecular weight is 309 g/mol. The Morgan fingerprint density at radius 1 is 1.14 bits per heavy atom. The molecule has 0 spiro atoms. The Kier molecular flexibility index (Phi) is 4.24. The number of sulfone groups is 1. The molecule has 4 heteroatoms. The average Bonchev–Trinajstić information content (AvgIpc) is 2.30. The summed E-state index contributed by atoms with van der Waals surface area (Å²) < 4.78 is 24.4. The van der Waals surface area contributed by atoms with Crippen LogP contribution in [-0.4, -0.2) is 19.7 Å². The molecular formula is C17H27NO2S. The van der Waals surface area contributed by atoms with Gasteiger partial charge in [-0.25, -0.2) is 8.42 Å². The normalized spacial score (nSPS) is 21.9. The van der Waals surface area contributed by atoms with E-state index in [-0.39, 0.29) is 22.7 Å². The second-order valence-electron chi connectivity index (χ2n) is 7.96. The van der Waals surface area contributed by atoms with E-state index in [1.54, 1.807) is 12.1 Å². The Balaban J connectivity index is 2.27. The van der Waals surface area contributed by atoms with Crippen LogP contribution in [-0.2, 0) is 9.84 Å². The summed E-state index contributed by atoms with van der Waals surface area (Å²) in [5, 5.41) is 3.68. The van der Waals surface area contributed by atoms with Gasteiger partial charge in [-0.3, -0.25) is 0 Å². The first-order valence-corrected chi connectivity index (χ1v) is 9.25. The molecular weight excluding hydrogens is 282 g/mol. The lowest BCUT2D eigenvalue weighted by Gasteiger charge is -2.38. The van der Waals surface area contributed by atoms with Crippen LogP contribution < -0.4 is 5.32 Å². The van der Waals surface area contributed by atoms with Gasteiger partial charge in [0, 0.05) is 11.6 Å². The smallest absolute Gasteiger partial charge is 0.178 e. The third-order valence-electron chi connectivity index (χ3n) is 3.84. The van der Waals surface area contributed by atoms with Gasteiger partial charge in [0.1, 0.15) is 0 Å². The first kappa shape index (κ1) is 16.5. The molecule has 0 radical (unpaired) electrons. The zero-order valence-electron chi connectivity index (χ0n) is 13.7. The van der Waals surface area contributed by atoms with Gasteiger partial charge in [0.15, 0.2) is 9.84 Å². The number of hydrogen-bond donors (Lipinski definition) is 1. The minimum absolute atomic E-state index is 0.0306. The molecule has 0 saturated heterocycles. The molecule has 1 N–H and O–H groups in total. The maximum atomic E-state index is 12.2. The molecule has 2 rings (SSSR count). The summed E-state index contributed by atoms with van der Waals surface area (Å²) in [6.07, 6.45) is 1.68. The third-order valence-corrected chi connectivity index (χ3v) is 5.66. The predicted octanol–water partition coefficient (Wildman–Crippen LogP) is 3.71. The van der Waals surface area contributed by atoms with Gasteiger partial charge in [-0.05, 0) is 43.7 Å². The van der Waals surface area contributed by atoms with Crippen molar-refractivity contribution in [3.05, 3.63) is 29.8 Å². The van der Waals surface area contributed by atoms with Crippen LogP contribution in [0.1, 0.15) is 59.1 Å². The molecule has 0 fully saturated rings. The van der Waals surface area contributed by atoms with Crippen molar-refractivity contribution < 1.29 is 8.42 Å². The number of hydrogen-bond acceptors (Lipinski definition) is 3. The highest BCUT2D eigenvalue weighted by atomic mass is 32.2. The van der Waals surface area contributed by atoms with E-state index in [9.17, 15) is 8.42 Å². The van der Waals surface area contributed by atoms with Crippen molar-refractivity contribution in [1.82, 2.24) is 5.32 Å². The highest BCUT2D eigenvalue weighted by molar-refractivity contribution is 7.91. The van der Waals surface area contributed by atoms with Crippen LogP contribution in [0.15, 0.2) is 29.2 Å². The van der Waals surface area contributed by atoms with Crippen molar-refractivity contribution in [3.63, 3.8) is 0 Å². The quantitative estimate of drug-likeness (QED) is 0.926. The van der Waals surface area contributed by atoms with E-state index in [0.29, 0.717) is 11.3 Å². The van der Waals surface area contributed by atoms with Crippen LogP contribution >= 0.6 is 0 Å². The lowest BCUT2D eigenvalue weighted by molar-refractivity contribution is 0.219. The maximum absolute atomic E-state index is 12.2.